The molecular formula is C27H46N3O4P. The molecule has 0 aromatic carbocycles. The molecule has 1 amide bonds. The molecule has 0 saturated heterocycles. The van der Waals surface area contributed by atoms with Gasteiger partial charge in [-0.25, -0.2) is 9.65 Å². The van der Waals surface area contributed by atoms with E-state index in [4.69, 9.17) is 9.79 Å². The van der Waals surface area contributed by atoms with E-state index < -0.39 is 7.75 Å². The maximum atomic E-state index is 11.8. The number of carbonyl (C=O) groups is 1. The molecule has 198 valence electrons. The van der Waals surface area contributed by atoms with Crippen molar-refractivity contribution in [2.24, 2.45) is 0 Å². The molecule has 7 nitrogen and oxygen atoms in total. The fraction of sp³-hybridized carbons (Fsp3) is 0.519. The van der Waals surface area contributed by atoms with Crippen molar-refractivity contribution in [1.29, 1.82) is 0 Å². The normalized spacial score (nSPS) is 13.3. The van der Waals surface area contributed by atoms with Gasteiger partial charge in [-0.05, 0) is 52.0 Å². The van der Waals surface area contributed by atoms with Crippen molar-refractivity contribution < 1.29 is 19.1 Å². The molecule has 0 fully saturated rings. The van der Waals surface area contributed by atoms with Gasteiger partial charge >= 0.3 is 7.75 Å². The maximum Gasteiger partial charge on any atom is 0.400 e. The fourth-order valence-electron chi connectivity index (χ4n) is 2.83. The summed E-state index contributed by atoms with van der Waals surface area (Å²) in [5.41, 5.74) is 0. The Kier molecular flexibility index (Phi) is 22.3. The van der Waals surface area contributed by atoms with Gasteiger partial charge in [0.15, 0.2) is 0 Å². The fourth-order valence-corrected chi connectivity index (χ4v) is 3.22. The van der Waals surface area contributed by atoms with E-state index in [-0.39, 0.29) is 12.5 Å². The molecule has 0 heterocycles. The molecule has 0 atom stereocenters. The first-order valence-corrected chi connectivity index (χ1v) is 14.1. The van der Waals surface area contributed by atoms with Crippen LogP contribution in [0.4, 0.5) is 0 Å². The molecule has 4 N–H and O–H groups in total. The van der Waals surface area contributed by atoms with Crippen molar-refractivity contribution in [3.63, 3.8) is 0 Å². The summed E-state index contributed by atoms with van der Waals surface area (Å²) in [5.74, 6) is 0.00581. The molecule has 0 unspecified atom stereocenters. The highest BCUT2D eigenvalue weighted by atomic mass is 31.2. The summed E-state index contributed by atoms with van der Waals surface area (Å²) in [7, 11) is -2.33. The zero-order chi connectivity index (χ0) is 26.0. The Bertz CT molecular complexity index is 752. The van der Waals surface area contributed by atoms with Crippen LogP contribution in [0, 0.1) is 0 Å². The largest absolute Gasteiger partial charge is 0.400 e. The van der Waals surface area contributed by atoms with E-state index in [2.05, 4.69) is 84.2 Å². The quantitative estimate of drug-likeness (QED) is 0.126. The predicted octanol–water partition coefficient (Wildman–Crippen LogP) is 5.19. The molecule has 0 aromatic rings. The summed E-state index contributed by atoms with van der Waals surface area (Å²) < 4.78 is 10.7. The van der Waals surface area contributed by atoms with E-state index >= 15 is 0 Å². The number of likely N-dealkylation sites (N-methyl/N-ethyl adjacent to an activating group) is 1. The van der Waals surface area contributed by atoms with Crippen LogP contribution in [0.15, 0.2) is 72.9 Å². The molecule has 0 aliphatic heterocycles. The van der Waals surface area contributed by atoms with Crippen LogP contribution in [0.3, 0.4) is 0 Å². The highest BCUT2D eigenvalue weighted by Crippen LogP contribution is 2.27. The smallest absolute Gasteiger partial charge is 0.355 e. The summed E-state index contributed by atoms with van der Waals surface area (Å²) in [6.45, 7) is 3.95. The SMILES string of the molecule is CC/C=C\C/C=C\C/C=C\C/C=C\C/C=C\C/C=C\CCC(=O)NCCN(C)CCNP(=O)(O)O. The van der Waals surface area contributed by atoms with E-state index in [1.54, 1.807) is 0 Å². The number of nitrogens with one attached hydrogen (secondary N) is 2. The van der Waals surface area contributed by atoms with Crippen LogP contribution >= 0.6 is 7.75 Å². The third-order valence-corrected chi connectivity index (χ3v) is 5.40. The Morgan fingerprint density at radius 2 is 1.17 bits per heavy atom. The lowest BCUT2D eigenvalue weighted by Crippen LogP contribution is -2.35. The molecule has 0 saturated carbocycles. The Morgan fingerprint density at radius 1 is 0.743 bits per heavy atom. The second-order valence-electron chi connectivity index (χ2n) is 8.06. The lowest BCUT2D eigenvalue weighted by Gasteiger charge is -2.17. The van der Waals surface area contributed by atoms with Crippen LogP contribution in [0.25, 0.3) is 0 Å². The average Bonchev–Trinajstić information content (AvgIpc) is 2.79. The lowest BCUT2D eigenvalue weighted by atomic mass is 10.2. The van der Waals surface area contributed by atoms with Crippen molar-refractivity contribution >= 4 is 13.7 Å². The molecule has 0 spiro atoms. The van der Waals surface area contributed by atoms with Crippen molar-refractivity contribution in [3.8, 4) is 0 Å². The van der Waals surface area contributed by atoms with Crippen LogP contribution in [0.1, 0.15) is 58.3 Å². The van der Waals surface area contributed by atoms with Crippen molar-refractivity contribution in [2.75, 3.05) is 33.2 Å². The lowest BCUT2D eigenvalue weighted by molar-refractivity contribution is -0.121. The topological polar surface area (TPSA) is 102 Å². The first-order chi connectivity index (χ1) is 16.8. The van der Waals surface area contributed by atoms with Gasteiger partial charge in [0.05, 0.1) is 0 Å². The molecule has 0 aliphatic carbocycles. The number of allylic oxidation sites excluding steroid dienone is 12. The zero-order valence-electron chi connectivity index (χ0n) is 21.5. The summed E-state index contributed by atoms with van der Waals surface area (Å²) in [5, 5.41) is 5.00. The minimum Gasteiger partial charge on any atom is -0.355 e. The van der Waals surface area contributed by atoms with E-state index in [1.165, 1.54) is 0 Å². The Balaban J connectivity index is 3.64. The molecule has 0 aromatic heterocycles. The summed E-state index contributed by atoms with van der Waals surface area (Å²) >= 11 is 0. The first-order valence-electron chi connectivity index (χ1n) is 12.5. The van der Waals surface area contributed by atoms with Gasteiger partial charge in [0.2, 0.25) is 5.91 Å². The van der Waals surface area contributed by atoms with Crippen molar-refractivity contribution in [1.82, 2.24) is 15.3 Å². The van der Waals surface area contributed by atoms with Gasteiger partial charge in [-0.2, -0.15) is 0 Å². The molecular weight excluding hydrogens is 461 g/mol. The summed E-state index contributed by atoms with van der Waals surface area (Å²) in [6, 6.07) is 0. The third-order valence-electron chi connectivity index (χ3n) is 4.76. The van der Waals surface area contributed by atoms with Gasteiger partial charge in [-0.15, -0.1) is 0 Å². The minimum absolute atomic E-state index is 0.00581. The monoisotopic (exact) mass is 507 g/mol. The average molecular weight is 508 g/mol. The summed E-state index contributed by atoms with van der Waals surface area (Å²) in [4.78, 5) is 31.2. The summed E-state index contributed by atoms with van der Waals surface area (Å²) in [6.07, 6.45) is 32.9. The van der Waals surface area contributed by atoms with Crippen molar-refractivity contribution in [2.45, 2.75) is 58.3 Å². The molecule has 0 rings (SSSR count). The number of hydrogen-bond acceptors (Lipinski definition) is 3. The Morgan fingerprint density at radius 3 is 1.63 bits per heavy atom. The van der Waals surface area contributed by atoms with Gasteiger partial charge in [0.1, 0.15) is 0 Å². The first kappa shape index (κ1) is 33.0. The molecule has 8 heteroatoms. The van der Waals surface area contributed by atoms with Crippen LogP contribution < -0.4 is 10.4 Å². The number of amides is 1. The third kappa shape index (κ3) is 28.1. The second-order valence-corrected chi connectivity index (χ2v) is 9.46. The maximum absolute atomic E-state index is 11.8. The van der Waals surface area contributed by atoms with E-state index in [0.29, 0.717) is 32.5 Å². The van der Waals surface area contributed by atoms with E-state index in [0.717, 1.165) is 38.5 Å². The Labute approximate surface area is 212 Å². The molecule has 35 heavy (non-hydrogen) atoms. The van der Waals surface area contributed by atoms with E-state index in [1.807, 2.05) is 18.0 Å². The number of carbonyl (C=O) groups excluding carboxylic acids is 1. The van der Waals surface area contributed by atoms with Gasteiger partial charge in [0.25, 0.3) is 0 Å². The molecule has 0 aliphatic rings. The molecule has 0 radical (unpaired) electrons. The van der Waals surface area contributed by atoms with Gasteiger partial charge < -0.3 is 20.0 Å². The second kappa shape index (κ2) is 23.7. The standard InChI is InChI=1S/C27H46N3O4P/c1-3-4-5-6-7-8-9-10-11-12-13-14-15-16-17-18-19-20-21-22-27(31)28-23-25-30(2)26-24-29-35(32,33)34/h4-5,7-8,10-11,13-14,16-17,19-20H,3,6,9,12,15,18,21-26H2,1-2H3,(H,28,31)(H3,29,32,33,34)/b5-4-,8-7-,11-10-,14-13-,17-16-,20-19-. The highest BCUT2D eigenvalue weighted by molar-refractivity contribution is 7.49. The highest BCUT2D eigenvalue weighted by Gasteiger charge is 2.11. The number of nitrogens with zero attached hydrogens (tertiary/aromatic N) is 1. The van der Waals surface area contributed by atoms with Crippen molar-refractivity contribution in [3.05, 3.63) is 72.9 Å². The molecule has 0 bridgehead atoms. The van der Waals surface area contributed by atoms with E-state index in [9.17, 15) is 9.36 Å². The van der Waals surface area contributed by atoms with Crippen LogP contribution in [-0.4, -0.2) is 53.8 Å². The minimum atomic E-state index is -4.17. The van der Waals surface area contributed by atoms with Crippen LogP contribution in [0.2, 0.25) is 0 Å². The van der Waals surface area contributed by atoms with Gasteiger partial charge in [-0.1, -0.05) is 79.8 Å². The zero-order valence-corrected chi connectivity index (χ0v) is 22.4. The predicted molar refractivity (Wildman–Crippen MR) is 148 cm³/mol. The number of hydrogen-bond donors (Lipinski definition) is 4. The Hall–Kier alpha value is -2.02. The number of rotatable bonds is 21. The van der Waals surface area contributed by atoms with Crippen LogP contribution in [-0.2, 0) is 9.36 Å². The van der Waals surface area contributed by atoms with Gasteiger partial charge in [-0.3, -0.25) is 4.79 Å². The van der Waals surface area contributed by atoms with Crippen LogP contribution in [0.5, 0.6) is 0 Å². The van der Waals surface area contributed by atoms with Gasteiger partial charge in [0, 0.05) is 32.6 Å².